The third kappa shape index (κ3) is 5.90. The van der Waals surface area contributed by atoms with Crippen molar-refractivity contribution in [2.45, 2.75) is 33.2 Å². The molecule has 0 unspecified atom stereocenters. The van der Waals surface area contributed by atoms with E-state index in [9.17, 15) is 9.59 Å². The molecule has 0 fully saturated rings. The van der Waals surface area contributed by atoms with E-state index in [2.05, 4.69) is 10.6 Å². The van der Waals surface area contributed by atoms with Crippen molar-refractivity contribution in [1.29, 1.82) is 0 Å². The molecule has 0 radical (unpaired) electrons. The molecule has 0 aliphatic heterocycles. The summed E-state index contributed by atoms with van der Waals surface area (Å²) in [7, 11) is 0. The first kappa shape index (κ1) is 15.0. The van der Waals surface area contributed by atoms with Gasteiger partial charge >= 0.3 is 0 Å². The molecule has 0 saturated carbocycles. The molecule has 19 heavy (non-hydrogen) atoms. The van der Waals surface area contributed by atoms with Gasteiger partial charge in [-0.2, -0.15) is 0 Å². The molecule has 2 amide bonds. The minimum atomic E-state index is -0.169. The molecule has 0 aromatic heterocycles. The molecule has 5 nitrogen and oxygen atoms in total. The van der Waals surface area contributed by atoms with Crippen LogP contribution in [-0.2, 0) is 9.59 Å². The van der Waals surface area contributed by atoms with E-state index in [1.807, 2.05) is 13.8 Å². The van der Waals surface area contributed by atoms with E-state index < -0.39 is 0 Å². The fourth-order valence-electron chi connectivity index (χ4n) is 1.43. The lowest BCUT2D eigenvalue weighted by molar-refractivity contribution is -0.123. The molecule has 1 rings (SSSR count). The first-order chi connectivity index (χ1) is 9.01. The number of hydrogen-bond acceptors (Lipinski definition) is 3. The van der Waals surface area contributed by atoms with Crippen molar-refractivity contribution in [2.75, 3.05) is 11.9 Å². The Morgan fingerprint density at radius 2 is 2.00 bits per heavy atom. The van der Waals surface area contributed by atoms with Gasteiger partial charge in [0, 0.05) is 24.2 Å². The van der Waals surface area contributed by atoms with Crippen LogP contribution in [0.4, 0.5) is 5.69 Å². The van der Waals surface area contributed by atoms with Crippen molar-refractivity contribution in [3.8, 4) is 5.75 Å². The number of hydrogen-bond donors (Lipinski definition) is 2. The Labute approximate surface area is 113 Å². The van der Waals surface area contributed by atoms with Crippen LogP contribution < -0.4 is 15.4 Å². The largest absolute Gasteiger partial charge is 0.484 e. The van der Waals surface area contributed by atoms with E-state index in [0.717, 1.165) is 0 Å². The molecule has 0 heterocycles. The highest BCUT2D eigenvalue weighted by molar-refractivity contribution is 5.90. The van der Waals surface area contributed by atoms with Gasteiger partial charge < -0.3 is 15.4 Å². The standard InChI is InChI=1S/C14H20N2O3/c1-4-13(17)16-11-6-5-7-12(8-11)19-9-14(18)15-10(2)3/h5-8,10H,4,9H2,1-3H3,(H,15,18)(H,16,17). The fraction of sp³-hybridized carbons (Fsp3) is 0.429. The Balaban J connectivity index is 2.52. The first-order valence-electron chi connectivity index (χ1n) is 6.33. The zero-order chi connectivity index (χ0) is 14.3. The van der Waals surface area contributed by atoms with Crippen molar-refractivity contribution >= 4 is 17.5 Å². The molecule has 0 aliphatic rings. The molecule has 0 saturated heterocycles. The van der Waals surface area contributed by atoms with Crippen LogP contribution in [0.2, 0.25) is 0 Å². The van der Waals surface area contributed by atoms with Crippen LogP contribution >= 0.6 is 0 Å². The van der Waals surface area contributed by atoms with Gasteiger partial charge in [-0.1, -0.05) is 13.0 Å². The monoisotopic (exact) mass is 264 g/mol. The van der Waals surface area contributed by atoms with Crippen molar-refractivity contribution < 1.29 is 14.3 Å². The van der Waals surface area contributed by atoms with Gasteiger partial charge in [0.2, 0.25) is 5.91 Å². The van der Waals surface area contributed by atoms with Gasteiger partial charge in [-0.3, -0.25) is 9.59 Å². The second-order valence-electron chi connectivity index (χ2n) is 4.44. The second kappa shape index (κ2) is 7.41. The highest BCUT2D eigenvalue weighted by atomic mass is 16.5. The highest BCUT2D eigenvalue weighted by Crippen LogP contribution is 2.17. The maximum atomic E-state index is 11.4. The van der Waals surface area contributed by atoms with Gasteiger partial charge in [-0.15, -0.1) is 0 Å². The molecule has 0 aliphatic carbocycles. The van der Waals surface area contributed by atoms with E-state index in [-0.39, 0.29) is 24.5 Å². The van der Waals surface area contributed by atoms with E-state index in [1.54, 1.807) is 31.2 Å². The maximum Gasteiger partial charge on any atom is 0.258 e. The molecule has 5 heteroatoms. The molecule has 0 atom stereocenters. The average Bonchev–Trinajstić information content (AvgIpc) is 2.36. The molecule has 2 N–H and O–H groups in total. The van der Waals surface area contributed by atoms with E-state index in [1.165, 1.54) is 0 Å². The summed E-state index contributed by atoms with van der Waals surface area (Å²) < 4.78 is 5.36. The third-order valence-corrected chi connectivity index (χ3v) is 2.26. The highest BCUT2D eigenvalue weighted by Gasteiger charge is 2.05. The predicted octanol–water partition coefficient (Wildman–Crippen LogP) is 1.94. The Hall–Kier alpha value is -2.04. The second-order valence-corrected chi connectivity index (χ2v) is 4.44. The van der Waals surface area contributed by atoms with Gasteiger partial charge in [0.05, 0.1) is 0 Å². The van der Waals surface area contributed by atoms with Crippen LogP contribution in [-0.4, -0.2) is 24.5 Å². The zero-order valence-electron chi connectivity index (χ0n) is 11.5. The normalized spacial score (nSPS) is 10.1. The molecular formula is C14H20N2O3. The van der Waals surface area contributed by atoms with Crippen molar-refractivity contribution in [3.05, 3.63) is 24.3 Å². The van der Waals surface area contributed by atoms with Gasteiger partial charge in [-0.25, -0.2) is 0 Å². The number of ether oxygens (including phenoxy) is 1. The summed E-state index contributed by atoms with van der Waals surface area (Å²) in [6.45, 7) is 5.52. The number of anilines is 1. The van der Waals surface area contributed by atoms with Crippen LogP contribution in [0.1, 0.15) is 27.2 Å². The van der Waals surface area contributed by atoms with Crippen LogP contribution in [0.25, 0.3) is 0 Å². The van der Waals surface area contributed by atoms with E-state index in [0.29, 0.717) is 17.9 Å². The van der Waals surface area contributed by atoms with Crippen molar-refractivity contribution in [1.82, 2.24) is 5.32 Å². The van der Waals surface area contributed by atoms with Gasteiger partial charge in [-0.05, 0) is 26.0 Å². The van der Waals surface area contributed by atoms with Crippen molar-refractivity contribution in [3.63, 3.8) is 0 Å². The average molecular weight is 264 g/mol. The number of nitrogens with one attached hydrogen (secondary N) is 2. The summed E-state index contributed by atoms with van der Waals surface area (Å²) >= 11 is 0. The minimum absolute atomic E-state index is 0.0383. The molecule has 1 aromatic rings. The number of carbonyl (C=O) groups excluding carboxylic acids is 2. The Kier molecular flexibility index (Phi) is 5.85. The molecule has 0 spiro atoms. The summed E-state index contributed by atoms with van der Waals surface area (Å²) in [6, 6.07) is 7.06. The summed E-state index contributed by atoms with van der Waals surface area (Å²) in [6.07, 6.45) is 0.419. The number of amides is 2. The van der Waals surface area contributed by atoms with Gasteiger partial charge in [0.15, 0.2) is 6.61 Å². The quantitative estimate of drug-likeness (QED) is 0.825. The molecule has 1 aromatic carbocycles. The van der Waals surface area contributed by atoms with Gasteiger partial charge in [0.1, 0.15) is 5.75 Å². The van der Waals surface area contributed by atoms with Crippen molar-refractivity contribution in [2.24, 2.45) is 0 Å². The van der Waals surface area contributed by atoms with Gasteiger partial charge in [0.25, 0.3) is 5.91 Å². The summed E-state index contributed by atoms with van der Waals surface area (Å²) in [4.78, 5) is 22.7. The number of carbonyl (C=O) groups is 2. The Morgan fingerprint density at radius 1 is 1.26 bits per heavy atom. The maximum absolute atomic E-state index is 11.4. The molecule has 104 valence electrons. The van der Waals surface area contributed by atoms with Crippen LogP contribution in [0.15, 0.2) is 24.3 Å². The smallest absolute Gasteiger partial charge is 0.258 e. The van der Waals surface area contributed by atoms with Crippen LogP contribution in [0, 0.1) is 0 Å². The summed E-state index contributed by atoms with van der Waals surface area (Å²) in [5.41, 5.74) is 0.661. The lowest BCUT2D eigenvalue weighted by Crippen LogP contribution is -2.34. The topological polar surface area (TPSA) is 67.4 Å². The number of benzene rings is 1. The number of rotatable bonds is 6. The Bertz CT molecular complexity index is 444. The zero-order valence-corrected chi connectivity index (χ0v) is 11.5. The molecule has 0 bridgehead atoms. The van der Waals surface area contributed by atoms with Crippen LogP contribution in [0.3, 0.4) is 0 Å². The predicted molar refractivity (Wildman–Crippen MR) is 74.1 cm³/mol. The summed E-state index contributed by atoms with van der Waals surface area (Å²) in [5, 5.41) is 5.47. The lowest BCUT2D eigenvalue weighted by atomic mass is 10.3. The van der Waals surface area contributed by atoms with Crippen LogP contribution in [0.5, 0.6) is 5.75 Å². The third-order valence-electron chi connectivity index (χ3n) is 2.26. The Morgan fingerprint density at radius 3 is 2.63 bits per heavy atom. The summed E-state index contributed by atoms with van der Waals surface area (Å²) in [5.74, 6) is 0.320. The van der Waals surface area contributed by atoms with E-state index in [4.69, 9.17) is 4.74 Å². The van der Waals surface area contributed by atoms with E-state index >= 15 is 0 Å². The molecular weight excluding hydrogens is 244 g/mol. The lowest BCUT2D eigenvalue weighted by Gasteiger charge is -2.10. The fourth-order valence-corrected chi connectivity index (χ4v) is 1.43. The SMILES string of the molecule is CCC(=O)Nc1cccc(OCC(=O)NC(C)C)c1. The minimum Gasteiger partial charge on any atom is -0.484 e. The first-order valence-corrected chi connectivity index (χ1v) is 6.33.